The van der Waals surface area contributed by atoms with E-state index in [0.29, 0.717) is 12.2 Å². The van der Waals surface area contributed by atoms with Crippen LogP contribution in [0.5, 0.6) is 0 Å². The van der Waals surface area contributed by atoms with Crippen LogP contribution in [0.4, 0.5) is 4.79 Å². The zero-order valence-electron chi connectivity index (χ0n) is 16.8. The number of nitrogens with one attached hydrogen (secondary N) is 1. The van der Waals surface area contributed by atoms with Gasteiger partial charge in [-0.25, -0.2) is 4.79 Å². The number of amides is 1. The molecule has 1 saturated heterocycles. The van der Waals surface area contributed by atoms with Gasteiger partial charge in [-0.2, -0.15) is 0 Å². The van der Waals surface area contributed by atoms with Crippen LogP contribution in [0, 0.1) is 0 Å². The minimum absolute atomic E-state index is 0.0479. The first-order valence-corrected chi connectivity index (χ1v) is 12.9. The van der Waals surface area contributed by atoms with Crippen molar-refractivity contribution in [2.24, 2.45) is 0 Å². The van der Waals surface area contributed by atoms with E-state index in [1.54, 1.807) is 31.3 Å². The predicted molar refractivity (Wildman–Crippen MR) is 107 cm³/mol. The van der Waals surface area contributed by atoms with Gasteiger partial charge in [0.05, 0.1) is 19.7 Å². The molecule has 0 aromatic heterocycles. The first-order chi connectivity index (χ1) is 13.1. The molecule has 1 aromatic rings. The summed E-state index contributed by atoms with van der Waals surface area (Å²) in [5, 5.41) is 2.68. The van der Waals surface area contributed by atoms with E-state index in [0.717, 1.165) is 6.04 Å². The van der Waals surface area contributed by atoms with Crippen LogP contribution in [0.15, 0.2) is 30.3 Å². The first-order valence-electron chi connectivity index (χ1n) is 9.20. The van der Waals surface area contributed by atoms with Crippen LogP contribution < -0.4 is 5.32 Å². The van der Waals surface area contributed by atoms with Crippen molar-refractivity contribution in [1.29, 1.82) is 0 Å². The zero-order valence-corrected chi connectivity index (χ0v) is 17.8. The molecule has 0 aliphatic carbocycles. The van der Waals surface area contributed by atoms with Crippen LogP contribution in [0.25, 0.3) is 0 Å². The van der Waals surface area contributed by atoms with Gasteiger partial charge in [-0.3, -0.25) is 14.5 Å². The second-order valence-electron chi connectivity index (χ2n) is 8.00. The fraction of sp³-hybridized carbons (Fsp3) is 0.500. The Morgan fingerprint density at radius 1 is 1.18 bits per heavy atom. The van der Waals surface area contributed by atoms with Crippen LogP contribution in [0.1, 0.15) is 11.5 Å². The molecule has 2 rings (SSSR count). The van der Waals surface area contributed by atoms with Crippen molar-refractivity contribution in [3.8, 4) is 0 Å². The Labute approximate surface area is 166 Å². The molecule has 1 fully saturated rings. The molecule has 152 valence electrons. The lowest BCUT2D eigenvalue weighted by atomic mass is 9.73. The number of rotatable bonds is 6. The lowest BCUT2D eigenvalue weighted by Gasteiger charge is -2.27. The molecule has 1 aliphatic rings. The molecule has 1 unspecified atom stereocenters. The van der Waals surface area contributed by atoms with Crippen molar-refractivity contribution in [2.75, 3.05) is 26.7 Å². The summed E-state index contributed by atoms with van der Waals surface area (Å²) in [4.78, 5) is 38.0. The highest BCUT2D eigenvalue weighted by Gasteiger charge is 2.42. The van der Waals surface area contributed by atoms with Crippen LogP contribution in [-0.4, -0.2) is 64.9 Å². The zero-order chi connectivity index (χ0) is 20.7. The Morgan fingerprint density at radius 2 is 1.75 bits per heavy atom. The highest BCUT2D eigenvalue weighted by molar-refractivity contribution is 6.76. The maximum absolute atomic E-state index is 12.3. The highest BCUT2D eigenvalue weighted by atomic mass is 28.3. The molecule has 10 heteroatoms. The van der Waals surface area contributed by atoms with Gasteiger partial charge in [-0.15, -0.1) is 0 Å². The molecule has 1 aliphatic heterocycles. The topological polar surface area (TPSA) is 94.2 Å². The van der Waals surface area contributed by atoms with Gasteiger partial charge in [0.15, 0.2) is 0 Å². The molecular formula is C18H27BN2O6Si. The van der Waals surface area contributed by atoms with Gasteiger partial charge in [0, 0.05) is 8.07 Å². The third kappa shape index (κ3) is 7.36. The number of likely N-dealkylation sites (N-methyl/N-ethyl adjacent to an activating group) is 1. The fourth-order valence-corrected chi connectivity index (χ4v) is 3.29. The largest absolute Gasteiger partial charge is 0.627 e. The average molecular weight is 406 g/mol. The van der Waals surface area contributed by atoms with Gasteiger partial charge in [0.25, 0.3) is 0 Å². The van der Waals surface area contributed by atoms with Crippen molar-refractivity contribution < 1.29 is 28.4 Å². The summed E-state index contributed by atoms with van der Waals surface area (Å²) in [7, 11) is -1.01. The van der Waals surface area contributed by atoms with Crippen molar-refractivity contribution >= 4 is 33.2 Å². The summed E-state index contributed by atoms with van der Waals surface area (Å²) in [6.45, 7) is 6.77. The standard InChI is InChI=1S/C18H27BN2O6Si/c1-21-12-15(22)26-19(27-16(23)13-21)17(14-8-6-5-7-9-14)20-18(24)25-10-11-28(2,3)4/h5-9,17H,10-13H2,1-4H3,(H,20,24). The Hall–Kier alpha value is -2.33. The summed E-state index contributed by atoms with van der Waals surface area (Å²) >= 11 is 0. The quantitative estimate of drug-likeness (QED) is 0.721. The molecule has 1 N–H and O–H groups in total. The van der Waals surface area contributed by atoms with Gasteiger partial charge < -0.3 is 19.4 Å². The number of hydrogen-bond acceptors (Lipinski definition) is 7. The molecule has 0 radical (unpaired) electrons. The molecule has 1 atom stereocenters. The van der Waals surface area contributed by atoms with Gasteiger partial charge in [0.2, 0.25) is 0 Å². The fourth-order valence-electron chi connectivity index (χ4n) is 2.58. The minimum Gasteiger partial charge on any atom is -0.497 e. The summed E-state index contributed by atoms with van der Waals surface area (Å²) in [6, 6.07) is 9.70. The van der Waals surface area contributed by atoms with E-state index in [2.05, 4.69) is 25.0 Å². The van der Waals surface area contributed by atoms with Crippen LogP contribution >= 0.6 is 0 Å². The second-order valence-corrected chi connectivity index (χ2v) is 13.6. The summed E-state index contributed by atoms with van der Waals surface area (Å²) in [5.41, 5.74) is 0.629. The minimum atomic E-state index is -1.35. The van der Waals surface area contributed by atoms with Gasteiger partial charge in [0.1, 0.15) is 5.94 Å². The number of carbonyl (C=O) groups is 3. The maximum atomic E-state index is 12.3. The number of alkyl carbamates (subject to hydrolysis) is 1. The van der Waals surface area contributed by atoms with Gasteiger partial charge in [-0.05, 0) is 18.7 Å². The molecule has 1 heterocycles. The average Bonchev–Trinajstić information content (AvgIpc) is 2.57. The lowest BCUT2D eigenvalue weighted by molar-refractivity contribution is -0.146. The van der Waals surface area contributed by atoms with Gasteiger partial charge in [-0.1, -0.05) is 50.0 Å². The van der Waals surface area contributed by atoms with Crippen LogP contribution in [0.2, 0.25) is 25.7 Å². The SMILES string of the molecule is CN1CC(=O)OB(C(NC(=O)OCC[Si](C)(C)C)c2ccccc2)OC(=O)C1. The Kier molecular flexibility index (Phi) is 7.64. The number of carbonyl (C=O) groups excluding carboxylic acids is 3. The number of nitrogens with zero attached hydrogens (tertiary/aromatic N) is 1. The molecule has 1 aromatic carbocycles. The van der Waals surface area contributed by atoms with E-state index in [4.69, 9.17) is 14.0 Å². The molecule has 1 amide bonds. The number of ether oxygens (including phenoxy) is 1. The van der Waals surface area contributed by atoms with Crippen LogP contribution in [0.3, 0.4) is 0 Å². The van der Waals surface area contributed by atoms with E-state index in [1.165, 1.54) is 4.90 Å². The molecule has 0 saturated carbocycles. The summed E-state index contributed by atoms with van der Waals surface area (Å²) < 4.78 is 15.9. The number of hydrogen-bond donors (Lipinski definition) is 1. The van der Waals surface area contributed by atoms with E-state index < -0.39 is 39.2 Å². The molecular weight excluding hydrogens is 379 g/mol. The van der Waals surface area contributed by atoms with Crippen molar-refractivity contribution in [2.45, 2.75) is 31.6 Å². The second kappa shape index (κ2) is 9.74. The van der Waals surface area contributed by atoms with Crippen molar-refractivity contribution in [1.82, 2.24) is 10.2 Å². The summed E-state index contributed by atoms with van der Waals surface area (Å²) in [5.74, 6) is -1.97. The van der Waals surface area contributed by atoms with E-state index in [-0.39, 0.29) is 13.1 Å². The molecule has 8 nitrogen and oxygen atoms in total. The monoisotopic (exact) mass is 406 g/mol. The summed E-state index contributed by atoms with van der Waals surface area (Å²) in [6.07, 6.45) is -0.654. The van der Waals surface area contributed by atoms with Crippen LogP contribution in [-0.2, 0) is 23.6 Å². The van der Waals surface area contributed by atoms with E-state index in [1.807, 2.05) is 6.07 Å². The third-order valence-corrected chi connectivity index (χ3v) is 5.79. The van der Waals surface area contributed by atoms with Crippen molar-refractivity contribution in [3.05, 3.63) is 35.9 Å². The Bertz CT molecular complexity index is 677. The Balaban J connectivity index is 2.14. The predicted octanol–water partition coefficient (Wildman–Crippen LogP) is 1.85. The lowest BCUT2D eigenvalue weighted by Crippen LogP contribution is -2.49. The Morgan fingerprint density at radius 3 is 2.29 bits per heavy atom. The molecule has 0 bridgehead atoms. The van der Waals surface area contributed by atoms with E-state index >= 15 is 0 Å². The maximum Gasteiger partial charge on any atom is 0.627 e. The molecule has 0 spiro atoms. The molecule has 28 heavy (non-hydrogen) atoms. The normalized spacial score (nSPS) is 17.1. The third-order valence-electron chi connectivity index (χ3n) is 4.08. The highest BCUT2D eigenvalue weighted by Crippen LogP contribution is 2.20. The van der Waals surface area contributed by atoms with Crippen molar-refractivity contribution in [3.63, 3.8) is 0 Å². The smallest absolute Gasteiger partial charge is 0.497 e. The van der Waals surface area contributed by atoms with E-state index in [9.17, 15) is 14.4 Å². The first kappa shape index (κ1) is 22.0. The van der Waals surface area contributed by atoms with Gasteiger partial charge >= 0.3 is 25.2 Å². The number of benzene rings is 1.